The number of primary amides is 1. The maximum Gasteiger partial charge on any atom is 0.312 e. The molecule has 0 bridgehead atoms. The van der Waals surface area contributed by atoms with Gasteiger partial charge in [-0.05, 0) is 42.0 Å². The van der Waals surface area contributed by atoms with E-state index in [1.165, 1.54) is 5.56 Å². The lowest BCUT2D eigenvalue weighted by atomic mass is 9.99. The molecule has 0 saturated carbocycles. The van der Waals surface area contributed by atoms with Gasteiger partial charge in [0.1, 0.15) is 0 Å². The van der Waals surface area contributed by atoms with Crippen LogP contribution in [0.2, 0.25) is 0 Å². The van der Waals surface area contributed by atoms with E-state index in [-0.39, 0.29) is 5.91 Å². The number of nitrogens with one attached hydrogen (secondary N) is 1. The van der Waals surface area contributed by atoms with E-state index in [2.05, 4.69) is 29.6 Å². The number of hydrogen-bond acceptors (Lipinski definition) is 2. The predicted octanol–water partition coefficient (Wildman–Crippen LogP) is 2.56. The summed E-state index contributed by atoms with van der Waals surface area (Å²) in [6.45, 7) is 1.98. The second-order valence-corrected chi connectivity index (χ2v) is 6.51. The Morgan fingerprint density at radius 1 is 1.04 bits per heavy atom. The SMILES string of the molecule is NC(=O)NCc1ccc(C(=O)N2CCC(Cc3ccccc3)C2)cc1. The van der Waals surface area contributed by atoms with Crippen LogP contribution in [-0.4, -0.2) is 29.9 Å². The minimum atomic E-state index is -0.554. The Hall–Kier alpha value is -2.82. The molecule has 3 amide bonds. The first-order valence-corrected chi connectivity index (χ1v) is 8.57. The number of carbonyl (C=O) groups is 2. The molecule has 1 aliphatic rings. The number of urea groups is 1. The zero-order valence-corrected chi connectivity index (χ0v) is 14.2. The fourth-order valence-electron chi connectivity index (χ4n) is 3.27. The fraction of sp³-hybridized carbons (Fsp3) is 0.300. The molecule has 1 aliphatic heterocycles. The van der Waals surface area contributed by atoms with Crippen LogP contribution in [-0.2, 0) is 13.0 Å². The minimum absolute atomic E-state index is 0.0740. The third kappa shape index (κ3) is 4.59. The van der Waals surface area contributed by atoms with Crippen LogP contribution < -0.4 is 11.1 Å². The molecule has 2 aromatic carbocycles. The molecule has 130 valence electrons. The number of nitrogens with zero attached hydrogens (tertiary/aromatic N) is 1. The lowest BCUT2D eigenvalue weighted by Gasteiger charge is -2.17. The van der Waals surface area contributed by atoms with Gasteiger partial charge in [-0.2, -0.15) is 0 Å². The molecule has 0 aliphatic carbocycles. The Morgan fingerprint density at radius 3 is 2.44 bits per heavy atom. The van der Waals surface area contributed by atoms with Gasteiger partial charge in [-0.15, -0.1) is 0 Å². The number of benzene rings is 2. The average molecular weight is 337 g/mol. The first-order valence-electron chi connectivity index (χ1n) is 8.57. The maximum absolute atomic E-state index is 12.7. The normalized spacial score (nSPS) is 16.6. The Kier molecular flexibility index (Phi) is 5.33. The van der Waals surface area contributed by atoms with E-state index in [1.54, 1.807) is 0 Å². The lowest BCUT2D eigenvalue weighted by Crippen LogP contribution is -2.29. The highest BCUT2D eigenvalue weighted by atomic mass is 16.2. The lowest BCUT2D eigenvalue weighted by molar-refractivity contribution is 0.0787. The number of nitrogens with two attached hydrogens (primary N) is 1. The molecule has 0 aromatic heterocycles. The van der Waals surface area contributed by atoms with Crippen LogP contribution >= 0.6 is 0 Å². The van der Waals surface area contributed by atoms with Crippen LogP contribution in [0.4, 0.5) is 4.79 Å². The van der Waals surface area contributed by atoms with E-state index < -0.39 is 6.03 Å². The van der Waals surface area contributed by atoms with Gasteiger partial charge >= 0.3 is 6.03 Å². The topological polar surface area (TPSA) is 75.4 Å². The molecular weight excluding hydrogens is 314 g/mol. The van der Waals surface area contributed by atoms with Crippen molar-refractivity contribution in [1.29, 1.82) is 0 Å². The van der Waals surface area contributed by atoms with E-state index in [0.717, 1.165) is 31.5 Å². The van der Waals surface area contributed by atoms with Crippen LogP contribution in [0.15, 0.2) is 54.6 Å². The monoisotopic (exact) mass is 337 g/mol. The highest BCUT2D eigenvalue weighted by molar-refractivity contribution is 5.94. The minimum Gasteiger partial charge on any atom is -0.352 e. The summed E-state index contributed by atoms with van der Waals surface area (Å²) in [5.41, 5.74) is 7.98. The van der Waals surface area contributed by atoms with Gasteiger partial charge in [-0.1, -0.05) is 42.5 Å². The van der Waals surface area contributed by atoms with Gasteiger partial charge < -0.3 is 16.0 Å². The van der Waals surface area contributed by atoms with Crippen LogP contribution in [0.3, 0.4) is 0 Å². The zero-order valence-electron chi connectivity index (χ0n) is 14.2. The molecule has 3 N–H and O–H groups in total. The Balaban J connectivity index is 1.55. The summed E-state index contributed by atoms with van der Waals surface area (Å²) in [5, 5.41) is 2.54. The predicted molar refractivity (Wildman–Crippen MR) is 97.0 cm³/mol. The average Bonchev–Trinajstić information content (AvgIpc) is 3.09. The highest BCUT2D eigenvalue weighted by Crippen LogP contribution is 2.22. The number of likely N-dealkylation sites (tertiary alicyclic amines) is 1. The van der Waals surface area contributed by atoms with E-state index in [9.17, 15) is 9.59 Å². The van der Waals surface area contributed by atoms with Gasteiger partial charge in [0.15, 0.2) is 0 Å². The van der Waals surface area contributed by atoms with Crippen molar-refractivity contribution in [3.63, 3.8) is 0 Å². The second-order valence-electron chi connectivity index (χ2n) is 6.51. The van der Waals surface area contributed by atoms with Crippen LogP contribution in [0, 0.1) is 5.92 Å². The molecule has 3 rings (SSSR count). The van der Waals surface area contributed by atoms with Crippen LogP contribution in [0.5, 0.6) is 0 Å². The Bertz CT molecular complexity index is 728. The van der Waals surface area contributed by atoms with Crippen molar-refractivity contribution >= 4 is 11.9 Å². The Labute approximate surface area is 147 Å². The smallest absolute Gasteiger partial charge is 0.312 e. The summed E-state index contributed by atoms with van der Waals surface area (Å²) < 4.78 is 0. The first-order chi connectivity index (χ1) is 12.1. The summed E-state index contributed by atoms with van der Waals surface area (Å²) in [4.78, 5) is 25.3. The summed E-state index contributed by atoms with van der Waals surface area (Å²) in [5.74, 6) is 0.593. The van der Waals surface area contributed by atoms with E-state index in [4.69, 9.17) is 5.73 Å². The van der Waals surface area contributed by atoms with E-state index in [0.29, 0.717) is 18.0 Å². The van der Waals surface area contributed by atoms with Crippen molar-refractivity contribution in [2.24, 2.45) is 11.7 Å². The Morgan fingerprint density at radius 2 is 1.76 bits per heavy atom. The van der Waals surface area contributed by atoms with Gasteiger partial charge in [-0.3, -0.25) is 4.79 Å². The number of amides is 3. The molecule has 2 aromatic rings. The standard InChI is InChI=1S/C20H23N3O2/c21-20(25)22-13-16-6-8-18(9-7-16)19(24)23-11-10-17(14-23)12-15-4-2-1-3-5-15/h1-9,17H,10-14H2,(H3,21,22,25). The van der Waals surface area contributed by atoms with Gasteiger partial charge in [0.25, 0.3) is 5.91 Å². The first kappa shape index (κ1) is 17.0. The molecule has 5 heteroatoms. The van der Waals surface area contributed by atoms with E-state index >= 15 is 0 Å². The molecule has 1 saturated heterocycles. The molecule has 1 atom stereocenters. The molecule has 1 unspecified atom stereocenters. The maximum atomic E-state index is 12.7. The quantitative estimate of drug-likeness (QED) is 0.880. The summed E-state index contributed by atoms with van der Waals surface area (Å²) in [7, 11) is 0. The molecule has 0 spiro atoms. The molecule has 0 radical (unpaired) electrons. The second kappa shape index (κ2) is 7.83. The fourth-order valence-corrected chi connectivity index (χ4v) is 3.27. The van der Waals surface area contributed by atoms with Gasteiger partial charge in [0.05, 0.1) is 0 Å². The van der Waals surface area contributed by atoms with Crippen molar-refractivity contribution in [3.8, 4) is 0 Å². The number of rotatable bonds is 5. The van der Waals surface area contributed by atoms with Gasteiger partial charge in [0.2, 0.25) is 0 Å². The van der Waals surface area contributed by atoms with Crippen molar-refractivity contribution in [3.05, 3.63) is 71.3 Å². The van der Waals surface area contributed by atoms with Crippen molar-refractivity contribution < 1.29 is 9.59 Å². The largest absolute Gasteiger partial charge is 0.352 e. The van der Waals surface area contributed by atoms with Gasteiger partial charge in [0, 0.05) is 25.2 Å². The third-order valence-electron chi connectivity index (χ3n) is 4.61. The third-order valence-corrected chi connectivity index (χ3v) is 4.61. The van der Waals surface area contributed by atoms with Crippen LogP contribution in [0.1, 0.15) is 27.9 Å². The summed E-state index contributed by atoms with van der Waals surface area (Å²) in [6.07, 6.45) is 2.06. The number of hydrogen-bond donors (Lipinski definition) is 2. The van der Waals surface area contributed by atoms with E-state index in [1.807, 2.05) is 35.2 Å². The molecule has 1 heterocycles. The molecule has 25 heavy (non-hydrogen) atoms. The zero-order chi connectivity index (χ0) is 17.6. The molecule has 5 nitrogen and oxygen atoms in total. The van der Waals surface area contributed by atoms with Crippen molar-refractivity contribution in [2.75, 3.05) is 13.1 Å². The number of carbonyl (C=O) groups excluding carboxylic acids is 2. The summed E-state index contributed by atoms with van der Waals surface area (Å²) in [6, 6.07) is 17.2. The molecular formula is C20H23N3O2. The van der Waals surface area contributed by atoms with Crippen molar-refractivity contribution in [1.82, 2.24) is 10.2 Å². The van der Waals surface area contributed by atoms with Crippen LogP contribution in [0.25, 0.3) is 0 Å². The molecule has 1 fully saturated rings. The van der Waals surface area contributed by atoms with Gasteiger partial charge in [-0.25, -0.2) is 4.79 Å². The van der Waals surface area contributed by atoms with Crippen molar-refractivity contribution in [2.45, 2.75) is 19.4 Å². The summed E-state index contributed by atoms with van der Waals surface area (Å²) >= 11 is 0. The highest BCUT2D eigenvalue weighted by Gasteiger charge is 2.26.